The van der Waals surface area contributed by atoms with Gasteiger partial charge in [0, 0.05) is 19.3 Å². The molecule has 3 rings (SSSR count). The first-order valence-corrected chi connectivity index (χ1v) is 16.1. The number of halogens is 1. The van der Waals surface area contributed by atoms with E-state index in [1.54, 1.807) is 10.8 Å². The fourth-order valence-corrected chi connectivity index (χ4v) is 7.27. The SMILES string of the molecule is CCCCCCCCCCCCCCCC(=O)OC(C)OC(=O)N(Br)C1C2CCC(C2)C1c1ccccc1. The molecular formula is C32H50BrNO4. The van der Waals surface area contributed by atoms with E-state index in [-0.39, 0.29) is 12.0 Å². The van der Waals surface area contributed by atoms with Crippen molar-refractivity contribution < 1.29 is 19.1 Å². The number of hydrogen-bond donors (Lipinski definition) is 0. The molecular weight excluding hydrogens is 542 g/mol. The maximum atomic E-state index is 12.9. The molecule has 2 fully saturated rings. The van der Waals surface area contributed by atoms with Crippen LogP contribution in [0, 0.1) is 11.8 Å². The Hall–Kier alpha value is -1.56. The molecule has 2 aliphatic carbocycles. The molecule has 0 radical (unpaired) electrons. The average Bonchev–Trinajstić information content (AvgIpc) is 3.53. The summed E-state index contributed by atoms with van der Waals surface area (Å²) in [6.45, 7) is 3.88. The lowest BCUT2D eigenvalue weighted by atomic mass is 9.80. The number of unbranched alkanes of at least 4 members (excludes halogenated alkanes) is 12. The van der Waals surface area contributed by atoms with Crippen LogP contribution in [0.2, 0.25) is 0 Å². The minimum absolute atomic E-state index is 0.0531. The van der Waals surface area contributed by atoms with Gasteiger partial charge in [-0.2, -0.15) is 0 Å². The first kappa shape index (κ1) is 31.0. The van der Waals surface area contributed by atoms with Crippen molar-refractivity contribution in [3.8, 4) is 0 Å². The third kappa shape index (κ3) is 9.88. The van der Waals surface area contributed by atoms with E-state index >= 15 is 0 Å². The summed E-state index contributed by atoms with van der Waals surface area (Å²) >= 11 is 3.52. The molecule has 0 heterocycles. The molecule has 2 aliphatic rings. The Bertz CT molecular complexity index is 819. The number of carbonyl (C=O) groups excluding carboxylic acids is 2. The van der Waals surface area contributed by atoms with Crippen LogP contribution in [0.4, 0.5) is 4.79 Å². The second-order valence-electron chi connectivity index (χ2n) is 11.5. The third-order valence-electron chi connectivity index (χ3n) is 8.54. The number of carbonyl (C=O) groups is 2. The van der Waals surface area contributed by atoms with Crippen molar-refractivity contribution >= 4 is 28.2 Å². The first-order chi connectivity index (χ1) is 18.5. The zero-order valence-electron chi connectivity index (χ0n) is 23.8. The van der Waals surface area contributed by atoms with E-state index in [0.29, 0.717) is 24.2 Å². The van der Waals surface area contributed by atoms with E-state index in [0.717, 1.165) is 25.7 Å². The number of ether oxygens (including phenoxy) is 2. The second kappa shape index (κ2) is 17.2. The Morgan fingerprint density at radius 3 is 2.00 bits per heavy atom. The number of benzene rings is 1. The summed E-state index contributed by atoms with van der Waals surface area (Å²) in [4.78, 5) is 25.2. The van der Waals surface area contributed by atoms with Crippen molar-refractivity contribution in [3.63, 3.8) is 0 Å². The quantitative estimate of drug-likeness (QED) is 0.0737. The number of esters is 1. The van der Waals surface area contributed by atoms with Crippen LogP contribution in [0.15, 0.2) is 30.3 Å². The standard InChI is InChI=1S/C32H50BrNO4/c1-3-4-5-6-7-8-9-10-11-12-13-14-18-21-29(35)37-25(2)38-32(36)34(33)31-28-23-22-27(24-28)30(31)26-19-16-15-17-20-26/h15-17,19-20,25,27-28,30-31H,3-14,18,21-24H2,1-2H3. The third-order valence-corrected chi connectivity index (χ3v) is 9.30. The summed E-state index contributed by atoms with van der Waals surface area (Å²) in [6, 6.07) is 10.5. The Labute approximate surface area is 239 Å². The molecule has 214 valence electrons. The molecule has 2 saturated carbocycles. The van der Waals surface area contributed by atoms with Gasteiger partial charge in [0.15, 0.2) is 0 Å². The van der Waals surface area contributed by atoms with Gasteiger partial charge < -0.3 is 9.47 Å². The van der Waals surface area contributed by atoms with Crippen molar-refractivity contribution in [2.75, 3.05) is 0 Å². The van der Waals surface area contributed by atoms with Crippen molar-refractivity contribution in [1.82, 2.24) is 3.93 Å². The van der Waals surface area contributed by atoms with Crippen LogP contribution in [0.3, 0.4) is 0 Å². The van der Waals surface area contributed by atoms with Gasteiger partial charge >= 0.3 is 12.1 Å². The van der Waals surface area contributed by atoms with E-state index in [1.165, 1.54) is 82.6 Å². The van der Waals surface area contributed by atoms with E-state index in [9.17, 15) is 9.59 Å². The first-order valence-electron chi connectivity index (χ1n) is 15.4. The van der Waals surface area contributed by atoms with Crippen molar-refractivity contribution in [3.05, 3.63) is 35.9 Å². The van der Waals surface area contributed by atoms with Crippen LogP contribution in [-0.4, -0.2) is 28.3 Å². The maximum absolute atomic E-state index is 12.9. The molecule has 1 amide bonds. The van der Waals surface area contributed by atoms with Crippen LogP contribution in [-0.2, 0) is 14.3 Å². The zero-order valence-corrected chi connectivity index (χ0v) is 25.3. The fourth-order valence-electron chi connectivity index (χ4n) is 6.60. The largest absolute Gasteiger partial charge is 0.425 e. The number of amides is 1. The lowest BCUT2D eigenvalue weighted by Crippen LogP contribution is -2.42. The smallest absolute Gasteiger partial charge is 0.423 e. The van der Waals surface area contributed by atoms with Crippen LogP contribution < -0.4 is 0 Å². The molecule has 38 heavy (non-hydrogen) atoms. The molecule has 5 atom stereocenters. The number of fused-ring (bicyclic) bond motifs is 2. The predicted molar refractivity (Wildman–Crippen MR) is 157 cm³/mol. The highest BCUT2D eigenvalue weighted by molar-refractivity contribution is 9.07. The van der Waals surface area contributed by atoms with Crippen molar-refractivity contribution in [1.29, 1.82) is 0 Å². The van der Waals surface area contributed by atoms with Gasteiger partial charge in [-0.05, 0) is 43.1 Å². The Morgan fingerprint density at radius 1 is 0.842 bits per heavy atom. The van der Waals surface area contributed by atoms with E-state index in [4.69, 9.17) is 9.47 Å². The lowest BCUT2D eigenvalue weighted by molar-refractivity contribution is -0.165. The van der Waals surface area contributed by atoms with Gasteiger partial charge in [-0.3, -0.25) is 4.79 Å². The second-order valence-corrected chi connectivity index (χ2v) is 12.3. The van der Waals surface area contributed by atoms with E-state index in [2.05, 4.69) is 47.3 Å². The van der Waals surface area contributed by atoms with Crippen LogP contribution >= 0.6 is 16.1 Å². The average molecular weight is 593 g/mol. The summed E-state index contributed by atoms with van der Waals surface area (Å²) in [6.07, 6.45) is 19.0. The summed E-state index contributed by atoms with van der Waals surface area (Å²) < 4.78 is 12.5. The molecule has 5 nitrogen and oxygen atoms in total. The highest BCUT2D eigenvalue weighted by atomic mass is 79.9. The van der Waals surface area contributed by atoms with Crippen molar-refractivity contribution in [2.45, 2.75) is 141 Å². The molecule has 0 spiro atoms. The lowest BCUT2D eigenvalue weighted by Gasteiger charge is -2.36. The van der Waals surface area contributed by atoms with Gasteiger partial charge in [0.1, 0.15) is 0 Å². The monoisotopic (exact) mass is 591 g/mol. The summed E-state index contributed by atoms with van der Waals surface area (Å²) in [5.74, 6) is 1.06. The molecule has 0 aromatic heterocycles. The minimum Gasteiger partial charge on any atom is -0.425 e. The Kier molecular flexibility index (Phi) is 14.0. The van der Waals surface area contributed by atoms with Crippen molar-refractivity contribution in [2.24, 2.45) is 11.8 Å². The van der Waals surface area contributed by atoms with E-state index in [1.807, 2.05) is 6.07 Å². The fraction of sp³-hybridized carbons (Fsp3) is 0.750. The molecule has 6 heteroatoms. The number of nitrogens with zero attached hydrogens (tertiary/aromatic N) is 1. The van der Waals surface area contributed by atoms with Gasteiger partial charge in [0.25, 0.3) is 0 Å². The Morgan fingerprint density at radius 2 is 1.39 bits per heavy atom. The Balaban J connectivity index is 1.25. The molecule has 2 bridgehead atoms. The number of rotatable bonds is 18. The van der Waals surface area contributed by atoms with E-state index < -0.39 is 12.4 Å². The topological polar surface area (TPSA) is 55.8 Å². The molecule has 0 N–H and O–H groups in total. The highest BCUT2D eigenvalue weighted by Crippen LogP contribution is 2.55. The number of hydrogen-bond acceptors (Lipinski definition) is 4. The van der Waals surface area contributed by atoms with Gasteiger partial charge in [-0.1, -0.05) is 114 Å². The summed E-state index contributed by atoms with van der Waals surface area (Å²) in [5.41, 5.74) is 1.28. The maximum Gasteiger partial charge on any atom is 0.423 e. The molecule has 5 unspecified atom stereocenters. The molecule has 1 aromatic rings. The molecule has 0 aliphatic heterocycles. The van der Waals surface area contributed by atoms with Crippen LogP contribution in [0.25, 0.3) is 0 Å². The molecule has 0 saturated heterocycles. The predicted octanol–water partition coefficient (Wildman–Crippen LogP) is 9.69. The normalized spacial score (nSPS) is 22.8. The van der Waals surface area contributed by atoms with Crippen LogP contribution in [0.1, 0.15) is 134 Å². The van der Waals surface area contributed by atoms with Gasteiger partial charge in [-0.25, -0.2) is 8.72 Å². The highest BCUT2D eigenvalue weighted by Gasteiger charge is 2.51. The zero-order chi connectivity index (χ0) is 27.2. The summed E-state index contributed by atoms with van der Waals surface area (Å²) in [7, 11) is 0. The van der Waals surface area contributed by atoms with Gasteiger partial charge in [0.05, 0.1) is 22.2 Å². The summed E-state index contributed by atoms with van der Waals surface area (Å²) in [5, 5.41) is 0. The van der Waals surface area contributed by atoms with Crippen LogP contribution in [0.5, 0.6) is 0 Å². The van der Waals surface area contributed by atoms with Gasteiger partial charge in [0.2, 0.25) is 6.29 Å². The molecule has 1 aromatic carbocycles. The van der Waals surface area contributed by atoms with Gasteiger partial charge in [-0.15, -0.1) is 0 Å². The minimum atomic E-state index is -0.897.